The lowest BCUT2D eigenvalue weighted by atomic mass is 9.87. The fourth-order valence-corrected chi connectivity index (χ4v) is 5.08. The molecule has 4 aromatic rings. The minimum atomic E-state index is 0.0945. The van der Waals surface area contributed by atoms with Crippen molar-refractivity contribution in [3.8, 4) is 33.5 Å². The second-order valence-electron chi connectivity index (χ2n) is 8.48. The van der Waals surface area contributed by atoms with E-state index in [1.54, 1.807) is 25.6 Å². The first-order chi connectivity index (χ1) is 15.8. The molecule has 0 bridgehead atoms. The van der Waals surface area contributed by atoms with Crippen LogP contribution in [0, 0.1) is 0 Å². The van der Waals surface area contributed by atoms with Crippen molar-refractivity contribution in [3.05, 3.63) is 59.1 Å². The number of ether oxygens (including phenoxy) is 2. The van der Waals surface area contributed by atoms with Crippen LogP contribution in [0.15, 0.2) is 53.0 Å². The van der Waals surface area contributed by atoms with E-state index in [-0.39, 0.29) is 5.41 Å². The van der Waals surface area contributed by atoms with Gasteiger partial charge in [-0.15, -0.1) is 21.5 Å². The van der Waals surface area contributed by atoms with E-state index in [0.717, 1.165) is 21.8 Å². The van der Waals surface area contributed by atoms with Crippen LogP contribution in [0.25, 0.3) is 22.0 Å². The molecule has 0 unspecified atom stereocenters. The van der Waals surface area contributed by atoms with Gasteiger partial charge in [0.05, 0.1) is 25.5 Å². The predicted molar refractivity (Wildman–Crippen MR) is 135 cm³/mol. The van der Waals surface area contributed by atoms with E-state index in [0.29, 0.717) is 28.2 Å². The van der Waals surface area contributed by atoms with E-state index in [1.807, 2.05) is 35.7 Å². The molecule has 0 aliphatic rings. The lowest BCUT2D eigenvalue weighted by Crippen LogP contribution is -2.12. The van der Waals surface area contributed by atoms with Crippen molar-refractivity contribution in [2.75, 3.05) is 20.1 Å². The number of aromatic nitrogens is 4. The number of benzene rings is 2. The van der Waals surface area contributed by atoms with Crippen LogP contribution in [0.5, 0.6) is 11.5 Å². The molecule has 4 rings (SSSR count). The van der Waals surface area contributed by atoms with Crippen molar-refractivity contribution >= 4 is 23.1 Å². The van der Waals surface area contributed by atoms with Crippen LogP contribution in [0.1, 0.15) is 32.0 Å². The molecule has 2 heterocycles. The largest absolute Gasteiger partial charge is 0.493 e. The lowest BCUT2D eigenvalue weighted by Gasteiger charge is -2.19. The first-order valence-corrected chi connectivity index (χ1v) is 12.3. The molecule has 33 heavy (non-hydrogen) atoms. The zero-order valence-corrected chi connectivity index (χ0v) is 21.0. The summed E-state index contributed by atoms with van der Waals surface area (Å²) in [4.78, 5) is 4.77. The number of nitrogens with zero attached hydrogens (tertiary/aromatic N) is 4. The number of thioether (sulfide) groups is 1. The summed E-state index contributed by atoms with van der Waals surface area (Å²) in [6.07, 6.45) is 0. The lowest BCUT2D eigenvalue weighted by molar-refractivity contribution is 0.356. The molecule has 0 fully saturated rings. The Labute approximate surface area is 202 Å². The highest BCUT2D eigenvalue weighted by atomic mass is 32.2. The Morgan fingerprint density at radius 3 is 2.45 bits per heavy atom. The van der Waals surface area contributed by atoms with E-state index < -0.39 is 0 Å². The van der Waals surface area contributed by atoms with Gasteiger partial charge in [0, 0.05) is 16.7 Å². The van der Waals surface area contributed by atoms with Crippen LogP contribution in [0.4, 0.5) is 0 Å². The van der Waals surface area contributed by atoms with Gasteiger partial charge in [0.2, 0.25) is 5.16 Å². The molecule has 0 spiro atoms. The number of methoxy groups -OCH3 is 2. The van der Waals surface area contributed by atoms with E-state index in [1.165, 1.54) is 22.0 Å². The first kappa shape index (κ1) is 23.1. The molecule has 7 nitrogen and oxygen atoms in total. The number of rotatable bonds is 7. The van der Waals surface area contributed by atoms with Crippen LogP contribution in [0.3, 0.4) is 0 Å². The molecule has 2 aromatic carbocycles. The number of nitrogen functional groups attached to an aromatic ring is 1. The summed E-state index contributed by atoms with van der Waals surface area (Å²) in [6, 6.07) is 14.1. The summed E-state index contributed by atoms with van der Waals surface area (Å²) in [5.41, 5.74) is 4.13. The fraction of sp³-hybridized carbons (Fsp3) is 0.292. The van der Waals surface area contributed by atoms with Gasteiger partial charge in [0.25, 0.3) is 0 Å². The molecule has 0 saturated carbocycles. The summed E-state index contributed by atoms with van der Waals surface area (Å²) < 4.78 is 12.5. The Morgan fingerprint density at radius 1 is 1.03 bits per heavy atom. The third kappa shape index (κ3) is 4.84. The first-order valence-electron chi connectivity index (χ1n) is 10.4. The van der Waals surface area contributed by atoms with Crippen molar-refractivity contribution in [2.45, 2.75) is 37.1 Å². The van der Waals surface area contributed by atoms with Crippen LogP contribution in [-0.2, 0) is 11.2 Å². The number of hydrogen-bond donors (Lipinski definition) is 1. The number of thiazole rings is 1. The highest BCUT2D eigenvalue weighted by Gasteiger charge is 2.18. The third-order valence-corrected chi connectivity index (χ3v) is 7.11. The molecule has 0 amide bonds. The van der Waals surface area contributed by atoms with Crippen LogP contribution in [0.2, 0.25) is 0 Å². The molecule has 2 aromatic heterocycles. The third-order valence-electron chi connectivity index (χ3n) is 5.21. The summed E-state index contributed by atoms with van der Waals surface area (Å²) in [5, 5.41) is 12.1. The predicted octanol–water partition coefficient (Wildman–Crippen LogP) is 5.39. The Bertz CT molecular complexity index is 1240. The van der Waals surface area contributed by atoms with Gasteiger partial charge in [-0.1, -0.05) is 62.9 Å². The molecular formula is C24H27N5O2S2. The van der Waals surface area contributed by atoms with E-state index in [4.69, 9.17) is 20.3 Å². The quantitative estimate of drug-likeness (QED) is 0.280. The Balaban J connectivity index is 1.48. The molecule has 0 saturated heterocycles. The maximum atomic E-state index is 6.31. The van der Waals surface area contributed by atoms with Crippen LogP contribution >= 0.6 is 23.1 Å². The Kier molecular flexibility index (Phi) is 6.62. The van der Waals surface area contributed by atoms with Gasteiger partial charge < -0.3 is 15.3 Å². The van der Waals surface area contributed by atoms with Crippen molar-refractivity contribution in [1.82, 2.24) is 19.9 Å². The van der Waals surface area contributed by atoms with Gasteiger partial charge in [0.15, 0.2) is 17.3 Å². The smallest absolute Gasteiger partial charge is 0.210 e. The van der Waals surface area contributed by atoms with Gasteiger partial charge in [-0.25, -0.2) is 9.66 Å². The number of para-hydroxylation sites is 1. The minimum Gasteiger partial charge on any atom is -0.493 e. The molecule has 9 heteroatoms. The Morgan fingerprint density at radius 2 is 1.79 bits per heavy atom. The zero-order valence-electron chi connectivity index (χ0n) is 19.3. The normalized spacial score (nSPS) is 11.5. The second-order valence-corrected chi connectivity index (χ2v) is 10.3. The van der Waals surface area contributed by atoms with Crippen molar-refractivity contribution in [3.63, 3.8) is 0 Å². The maximum absolute atomic E-state index is 6.31. The van der Waals surface area contributed by atoms with Gasteiger partial charge in [0.1, 0.15) is 5.01 Å². The molecule has 2 N–H and O–H groups in total. The maximum Gasteiger partial charge on any atom is 0.210 e. The van der Waals surface area contributed by atoms with Gasteiger partial charge in [-0.2, -0.15) is 0 Å². The van der Waals surface area contributed by atoms with Gasteiger partial charge in [-0.3, -0.25) is 0 Å². The van der Waals surface area contributed by atoms with Crippen molar-refractivity contribution < 1.29 is 9.47 Å². The van der Waals surface area contributed by atoms with E-state index >= 15 is 0 Å². The fourth-order valence-electron chi connectivity index (χ4n) is 3.38. The molecule has 0 aliphatic heterocycles. The molecule has 0 atom stereocenters. The topological polar surface area (TPSA) is 88.1 Å². The Hall–Kier alpha value is -3.04. The average Bonchev–Trinajstić information content (AvgIpc) is 3.43. The van der Waals surface area contributed by atoms with E-state index in [9.17, 15) is 0 Å². The summed E-state index contributed by atoms with van der Waals surface area (Å²) >= 11 is 3.06. The monoisotopic (exact) mass is 481 g/mol. The summed E-state index contributed by atoms with van der Waals surface area (Å²) in [6.45, 7) is 6.57. The highest BCUT2D eigenvalue weighted by molar-refractivity contribution is 7.98. The molecule has 0 radical (unpaired) electrons. The van der Waals surface area contributed by atoms with Gasteiger partial charge in [-0.05, 0) is 23.1 Å². The van der Waals surface area contributed by atoms with Crippen molar-refractivity contribution in [1.29, 1.82) is 0 Å². The summed E-state index contributed by atoms with van der Waals surface area (Å²) in [5.74, 6) is 8.93. The average molecular weight is 482 g/mol. The molecule has 172 valence electrons. The van der Waals surface area contributed by atoms with E-state index in [2.05, 4.69) is 43.1 Å². The summed E-state index contributed by atoms with van der Waals surface area (Å²) in [7, 11) is 3.26. The minimum absolute atomic E-state index is 0.0945. The number of hydrogen-bond acceptors (Lipinski definition) is 8. The van der Waals surface area contributed by atoms with Gasteiger partial charge >= 0.3 is 0 Å². The number of nitrogens with two attached hydrogens (primary N) is 1. The van der Waals surface area contributed by atoms with Crippen LogP contribution < -0.4 is 15.3 Å². The zero-order chi connectivity index (χ0) is 23.6. The van der Waals surface area contributed by atoms with Crippen molar-refractivity contribution in [2.24, 2.45) is 0 Å². The molecular weight excluding hydrogens is 454 g/mol. The highest BCUT2D eigenvalue weighted by Crippen LogP contribution is 2.39. The SMILES string of the molecule is COc1cccc(-c2nc(CSc3nnc(-c4ccc(C(C)(C)C)cc4)n3N)cs2)c1OC. The molecule has 0 aliphatic carbocycles. The van der Waals surface area contributed by atoms with Crippen LogP contribution in [-0.4, -0.2) is 34.1 Å². The second kappa shape index (κ2) is 9.44. The standard InChI is InChI=1S/C24H27N5O2S2/c1-24(2,3)16-11-9-15(10-12-16)21-27-28-23(29(21)25)33-14-17-13-32-22(26-17)18-7-6-8-19(30-4)20(18)31-5/h6-13H,14,25H2,1-5H3.